The number of hydrogen-bond acceptors (Lipinski definition) is 3. The van der Waals surface area contributed by atoms with Crippen LogP contribution in [-0.2, 0) is 14.3 Å². The molecule has 108 valence electrons. The highest BCUT2D eigenvalue weighted by molar-refractivity contribution is 5.83. The van der Waals surface area contributed by atoms with Gasteiger partial charge < -0.3 is 14.7 Å². The topological polar surface area (TPSA) is 66.8 Å². The fourth-order valence-corrected chi connectivity index (χ4v) is 2.31. The maximum absolute atomic E-state index is 13.9. The van der Waals surface area contributed by atoms with E-state index in [2.05, 4.69) is 0 Å². The number of ether oxygens (including phenoxy) is 1. The summed E-state index contributed by atoms with van der Waals surface area (Å²) in [4.78, 5) is 24.2. The van der Waals surface area contributed by atoms with Crippen molar-refractivity contribution in [3.8, 4) is 0 Å². The summed E-state index contributed by atoms with van der Waals surface area (Å²) in [6.45, 7) is 1.41. The minimum atomic E-state index is -1.43. The molecule has 2 atom stereocenters. The van der Waals surface area contributed by atoms with E-state index < -0.39 is 42.3 Å². The van der Waals surface area contributed by atoms with Gasteiger partial charge in [0.15, 0.2) is 17.7 Å². The number of carbonyl (C=O) groups is 2. The predicted molar refractivity (Wildman–Crippen MR) is 63.9 cm³/mol. The molecule has 0 aliphatic carbocycles. The molecule has 7 heteroatoms. The summed E-state index contributed by atoms with van der Waals surface area (Å²) in [7, 11) is 0. The highest BCUT2D eigenvalue weighted by Gasteiger charge is 2.42. The van der Waals surface area contributed by atoms with E-state index in [4.69, 9.17) is 9.84 Å². The molecule has 1 saturated heterocycles. The number of carboxylic acid groups (broad SMARTS) is 1. The van der Waals surface area contributed by atoms with Gasteiger partial charge in [-0.2, -0.15) is 0 Å². The summed E-state index contributed by atoms with van der Waals surface area (Å²) in [5, 5.41) is 9.15. The molecule has 0 spiro atoms. The van der Waals surface area contributed by atoms with Gasteiger partial charge in [0.1, 0.15) is 6.61 Å². The lowest BCUT2D eigenvalue weighted by Crippen LogP contribution is -2.52. The molecule has 2 rings (SSSR count). The number of carboxylic acids is 1. The van der Waals surface area contributed by atoms with Gasteiger partial charge in [0.2, 0.25) is 5.91 Å². The van der Waals surface area contributed by atoms with Crippen molar-refractivity contribution in [3.63, 3.8) is 0 Å². The third-order valence-electron chi connectivity index (χ3n) is 3.21. The molecule has 0 aromatic heterocycles. The van der Waals surface area contributed by atoms with Crippen LogP contribution in [-0.4, -0.2) is 41.1 Å². The summed E-state index contributed by atoms with van der Waals surface area (Å²) in [6, 6.07) is 2.26. The molecule has 1 aliphatic heterocycles. The zero-order chi connectivity index (χ0) is 14.9. The largest absolute Gasteiger partial charge is 0.479 e. The number of likely N-dealkylation sites (N-methyl/N-ethyl adjacent to an activating group) is 1. The van der Waals surface area contributed by atoms with E-state index in [0.29, 0.717) is 0 Å². The van der Waals surface area contributed by atoms with Gasteiger partial charge in [-0.3, -0.25) is 4.79 Å². The van der Waals surface area contributed by atoms with Crippen molar-refractivity contribution in [2.24, 2.45) is 0 Å². The lowest BCUT2D eigenvalue weighted by Gasteiger charge is -2.38. The average Bonchev–Trinajstić information content (AvgIpc) is 2.41. The van der Waals surface area contributed by atoms with Gasteiger partial charge in [-0.05, 0) is 13.0 Å². The van der Waals surface area contributed by atoms with Gasteiger partial charge in [0.25, 0.3) is 0 Å². The van der Waals surface area contributed by atoms with Crippen LogP contribution >= 0.6 is 0 Å². The van der Waals surface area contributed by atoms with Crippen LogP contribution in [0.5, 0.6) is 0 Å². The van der Waals surface area contributed by atoms with Gasteiger partial charge >= 0.3 is 5.97 Å². The van der Waals surface area contributed by atoms with Crippen LogP contribution in [0.1, 0.15) is 18.5 Å². The van der Waals surface area contributed by atoms with Crippen molar-refractivity contribution < 1.29 is 28.2 Å². The minimum absolute atomic E-state index is 0.173. The van der Waals surface area contributed by atoms with E-state index >= 15 is 0 Å². The normalized spacial score (nSPS) is 22.9. The standard InChI is InChI=1S/C13H13F2NO4/c1-2-16-9(17)6-20-12(13(18)19)11(16)7-4-3-5-8(14)10(7)15/h3-5,11-12H,2,6H2,1H3,(H,18,19). The lowest BCUT2D eigenvalue weighted by atomic mass is 9.97. The number of carbonyl (C=O) groups excluding carboxylic acids is 1. The Labute approximate surface area is 113 Å². The highest BCUT2D eigenvalue weighted by atomic mass is 19.2. The van der Waals surface area contributed by atoms with Gasteiger partial charge in [-0.15, -0.1) is 0 Å². The molecule has 5 nitrogen and oxygen atoms in total. The summed E-state index contributed by atoms with van der Waals surface area (Å²) in [5.74, 6) is -4.05. The molecule has 20 heavy (non-hydrogen) atoms. The Balaban J connectivity index is 2.52. The molecule has 0 radical (unpaired) electrons. The molecule has 1 N–H and O–H groups in total. The van der Waals surface area contributed by atoms with E-state index in [9.17, 15) is 18.4 Å². The maximum atomic E-state index is 13.9. The highest BCUT2D eigenvalue weighted by Crippen LogP contribution is 2.32. The van der Waals surface area contributed by atoms with Crippen molar-refractivity contribution in [2.45, 2.75) is 19.1 Å². The summed E-state index contributed by atoms with van der Waals surface area (Å²) >= 11 is 0. The Morgan fingerprint density at radius 1 is 1.50 bits per heavy atom. The fraction of sp³-hybridized carbons (Fsp3) is 0.385. The molecule has 0 bridgehead atoms. The molecule has 1 aromatic rings. The van der Waals surface area contributed by atoms with Crippen molar-refractivity contribution in [1.82, 2.24) is 4.90 Å². The van der Waals surface area contributed by atoms with Crippen LogP contribution in [0.3, 0.4) is 0 Å². The van der Waals surface area contributed by atoms with E-state index in [1.807, 2.05) is 0 Å². The maximum Gasteiger partial charge on any atom is 0.335 e. The number of nitrogens with zero attached hydrogens (tertiary/aromatic N) is 1. The number of halogens is 2. The van der Waals surface area contributed by atoms with E-state index in [1.54, 1.807) is 6.92 Å². The first kappa shape index (κ1) is 14.4. The third-order valence-corrected chi connectivity index (χ3v) is 3.21. The number of hydrogen-bond donors (Lipinski definition) is 1. The van der Waals surface area contributed by atoms with Crippen LogP contribution in [0.2, 0.25) is 0 Å². The fourth-order valence-electron chi connectivity index (χ4n) is 2.31. The predicted octanol–water partition coefficient (Wildman–Crippen LogP) is 1.34. The second-order valence-corrected chi connectivity index (χ2v) is 4.34. The van der Waals surface area contributed by atoms with E-state index in [-0.39, 0.29) is 12.1 Å². The Morgan fingerprint density at radius 3 is 2.80 bits per heavy atom. The van der Waals surface area contributed by atoms with Gasteiger partial charge in [0, 0.05) is 12.1 Å². The first-order chi connectivity index (χ1) is 9.47. The second-order valence-electron chi connectivity index (χ2n) is 4.34. The van der Waals surface area contributed by atoms with Gasteiger partial charge in [-0.1, -0.05) is 12.1 Å². The van der Waals surface area contributed by atoms with Crippen LogP contribution in [0.4, 0.5) is 8.78 Å². The zero-order valence-corrected chi connectivity index (χ0v) is 10.7. The molecule has 1 aromatic carbocycles. The van der Waals surface area contributed by atoms with Crippen molar-refractivity contribution >= 4 is 11.9 Å². The third kappa shape index (κ3) is 2.36. The van der Waals surface area contributed by atoms with Crippen molar-refractivity contribution in [2.75, 3.05) is 13.2 Å². The Kier molecular flexibility index (Phi) is 3.99. The molecule has 1 aliphatic rings. The summed E-state index contributed by atoms with van der Waals surface area (Å²) in [6.07, 6.45) is -1.43. The Bertz CT molecular complexity index is 547. The van der Waals surface area contributed by atoms with Crippen LogP contribution < -0.4 is 0 Å². The number of benzene rings is 1. The Hall–Kier alpha value is -2.02. The molecule has 1 amide bonds. The summed E-state index contributed by atoms with van der Waals surface area (Å²) in [5.41, 5.74) is -0.202. The smallest absolute Gasteiger partial charge is 0.335 e. The van der Waals surface area contributed by atoms with Crippen LogP contribution in [0.15, 0.2) is 18.2 Å². The number of morpholine rings is 1. The lowest BCUT2D eigenvalue weighted by molar-refractivity contribution is -0.173. The number of aliphatic carboxylic acids is 1. The molecular weight excluding hydrogens is 272 g/mol. The minimum Gasteiger partial charge on any atom is -0.479 e. The molecule has 1 fully saturated rings. The number of rotatable bonds is 3. The van der Waals surface area contributed by atoms with Crippen molar-refractivity contribution in [1.29, 1.82) is 0 Å². The first-order valence-electron chi connectivity index (χ1n) is 6.05. The first-order valence-corrected chi connectivity index (χ1v) is 6.05. The SMILES string of the molecule is CCN1C(=O)COC(C(=O)O)C1c1cccc(F)c1F. The van der Waals surface area contributed by atoms with Gasteiger partial charge in [-0.25, -0.2) is 13.6 Å². The number of amides is 1. The average molecular weight is 285 g/mol. The monoisotopic (exact) mass is 285 g/mol. The zero-order valence-electron chi connectivity index (χ0n) is 10.7. The Morgan fingerprint density at radius 2 is 2.20 bits per heavy atom. The molecule has 1 heterocycles. The second kappa shape index (κ2) is 5.54. The van der Waals surface area contributed by atoms with Crippen LogP contribution in [0.25, 0.3) is 0 Å². The molecule has 0 saturated carbocycles. The molecule has 2 unspecified atom stereocenters. The summed E-state index contributed by atoms with van der Waals surface area (Å²) < 4.78 is 32.2. The quantitative estimate of drug-likeness (QED) is 0.910. The van der Waals surface area contributed by atoms with E-state index in [0.717, 1.165) is 6.07 Å². The van der Waals surface area contributed by atoms with Crippen LogP contribution in [0, 0.1) is 11.6 Å². The molecular formula is C13H13F2NO4. The van der Waals surface area contributed by atoms with Crippen molar-refractivity contribution in [3.05, 3.63) is 35.4 Å². The van der Waals surface area contributed by atoms with E-state index in [1.165, 1.54) is 17.0 Å². The van der Waals surface area contributed by atoms with Gasteiger partial charge in [0.05, 0.1) is 6.04 Å².